The molecule has 0 unspecified atom stereocenters. The molecule has 0 spiro atoms. The van der Waals surface area contributed by atoms with Crippen molar-refractivity contribution < 1.29 is 26.3 Å². The molecular weight excluding hydrogens is 490 g/mol. The Bertz CT molecular complexity index is 1070. The van der Waals surface area contributed by atoms with E-state index in [9.17, 15) is 26.3 Å². The lowest BCUT2D eigenvalue weighted by molar-refractivity contribution is -0.167. The Hall–Kier alpha value is -2.53. The molecule has 4 rings (SSSR count). The second-order valence-electron chi connectivity index (χ2n) is 10.4. The molecule has 0 aliphatic heterocycles. The van der Waals surface area contributed by atoms with Crippen molar-refractivity contribution in [1.82, 2.24) is 4.90 Å². The van der Waals surface area contributed by atoms with Crippen molar-refractivity contribution in [3.63, 3.8) is 0 Å². The van der Waals surface area contributed by atoms with E-state index in [1.165, 1.54) is 24.6 Å². The van der Waals surface area contributed by atoms with Gasteiger partial charge in [0.15, 0.2) is 0 Å². The standard InChI is InChI=1S/C27H31F6N.C2H3N/c1-19(2)34(18-21-7-4-3-5-8-21)16-6-9-20-10-11-22(24(12-13-24)26(28,29)30)23(17-20)25(14-15-25)27(31,32)33;1-2-3/h3-5,7-8,10-11,17,19H,6,9,12-16,18H2,1-2H3;1H3. The van der Waals surface area contributed by atoms with Crippen LogP contribution < -0.4 is 0 Å². The Balaban J connectivity index is 0.00000121. The summed E-state index contributed by atoms with van der Waals surface area (Å²) in [5.41, 5.74) is -2.69. The van der Waals surface area contributed by atoms with Crippen LogP contribution in [0.3, 0.4) is 0 Å². The Labute approximate surface area is 215 Å². The van der Waals surface area contributed by atoms with E-state index in [1.807, 2.05) is 18.2 Å². The van der Waals surface area contributed by atoms with Gasteiger partial charge in [-0.05, 0) is 81.2 Å². The molecule has 2 fully saturated rings. The van der Waals surface area contributed by atoms with Gasteiger partial charge in [0.2, 0.25) is 0 Å². The van der Waals surface area contributed by atoms with Gasteiger partial charge in [0.25, 0.3) is 0 Å². The average Bonchev–Trinajstić information content (AvgIpc) is 3.72. The topological polar surface area (TPSA) is 27.0 Å². The lowest BCUT2D eigenvalue weighted by Crippen LogP contribution is -2.35. The van der Waals surface area contributed by atoms with Crippen molar-refractivity contribution in [2.24, 2.45) is 0 Å². The molecule has 2 aromatic carbocycles. The third-order valence-corrected chi connectivity index (χ3v) is 7.57. The van der Waals surface area contributed by atoms with Gasteiger partial charge in [-0.3, -0.25) is 4.90 Å². The van der Waals surface area contributed by atoms with Gasteiger partial charge in [-0.1, -0.05) is 48.5 Å². The van der Waals surface area contributed by atoms with Gasteiger partial charge >= 0.3 is 12.4 Å². The smallest absolute Gasteiger partial charge is 0.297 e. The van der Waals surface area contributed by atoms with E-state index in [4.69, 9.17) is 5.26 Å². The molecule has 0 saturated heterocycles. The molecule has 2 aliphatic rings. The van der Waals surface area contributed by atoms with Crippen LogP contribution in [0.4, 0.5) is 26.3 Å². The second-order valence-corrected chi connectivity index (χ2v) is 10.4. The van der Waals surface area contributed by atoms with E-state index in [2.05, 4.69) is 30.9 Å². The molecule has 0 radical (unpaired) electrons. The molecule has 2 aliphatic carbocycles. The zero-order valence-corrected chi connectivity index (χ0v) is 21.5. The first kappa shape index (κ1) is 29.0. The normalized spacial score (nSPS) is 17.7. The van der Waals surface area contributed by atoms with Gasteiger partial charge in [0, 0.05) is 19.5 Å². The fourth-order valence-corrected chi connectivity index (χ4v) is 5.05. The summed E-state index contributed by atoms with van der Waals surface area (Å²) in [5.74, 6) is 0. The summed E-state index contributed by atoms with van der Waals surface area (Å²) in [6, 6.07) is 16.5. The molecule has 2 nitrogen and oxygen atoms in total. The Kier molecular flexibility index (Phi) is 8.68. The van der Waals surface area contributed by atoms with Crippen LogP contribution in [0.1, 0.15) is 75.1 Å². The molecular formula is C29H34F6N2. The maximum atomic E-state index is 14.0. The maximum absolute atomic E-state index is 14.0. The number of alkyl halides is 6. The molecule has 0 N–H and O–H groups in total. The van der Waals surface area contributed by atoms with Gasteiger partial charge in [-0.15, -0.1) is 0 Å². The first-order valence-electron chi connectivity index (χ1n) is 12.7. The van der Waals surface area contributed by atoms with Crippen molar-refractivity contribution in [1.29, 1.82) is 5.26 Å². The lowest BCUT2D eigenvalue weighted by atomic mass is 9.81. The first-order valence-corrected chi connectivity index (χ1v) is 12.7. The van der Waals surface area contributed by atoms with Crippen LogP contribution in [-0.2, 0) is 23.8 Å². The minimum Gasteiger partial charge on any atom is -0.297 e. The number of nitriles is 1. The van der Waals surface area contributed by atoms with Crippen molar-refractivity contribution in [2.75, 3.05) is 6.54 Å². The minimum absolute atomic E-state index is 0.139. The summed E-state index contributed by atoms with van der Waals surface area (Å²) in [7, 11) is 0. The van der Waals surface area contributed by atoms with Crippen molar-refractivity contribution >= 4 is 0 Å². The third-order valence-electron chi connectivity index (χ3n) is 7.57. The number of benzene rings is 2. The van der Waals surface area contributed by atoms with E-state index in [1.54, 1.807) is 12.1 Å². The SMILES string of the molecule is CC#N.CC(C)N(CCCc1ccc(C2(C(F)(F)F)CC2)c(C2(C(F)(F)F)CC2)c1)Cc1ccccc1. The van der Waals surface area contributed by atoms with Gasteiger partial charge in [-0.2, -0.15) is 31.6 Å². The van der Waals surface area contributed by atoms with Gasteiger partial charge in [0.05, 0.1) is 16.9 Å². The Morgan fingerprint density at radius 1 is 0.838 bits per heavy atom. The highest BCUT2D eigenvalue weighted by atomic mass is 19.4. The number of rotatable bonds is 9. The van der Waals surface area contributed by atoms with Gasteiger partial charge < -0.3 is 0 Å². The predicted octanol–water partition coefficient (Wildman–Crippen LogP) is 8.25. The highest BCUT2D eigenvalue weighted by Crippen LogP contribution is 2.66. The summed E-state index contributed by atoms with van der Waals surface area (Å²) < 4.78 is 83.4. The number of aryl methyl sites for hydroxylation is 1. The molecule has 2 saturated carbocycles. The zero-order valence-electron chi connectivity index (χ0n) is 21.5. The minimum atomic E-state index is -4.55. The largest absolute Gasteiger partial charge is 0.398 e. The quantitative estimate of drug-likeness (QED) is 0.309. The van der Waals surface area contributed by atoms with E-state index in [-0.39, 0.29) is 36.8 Å². The van der Waals surface area contributed by atoms with Crippen molar-refractivity contribution in [3.05, 3.63) is 70.8 Å². The first-order chi connectivity index (χ1) is 17.3. The summed E-state index contributed by atoms with van der Waals surface area (Å²) in [6.45, 7) is 7.15. The van der Waals surface area contributed by atoms with E-state index < -0.39 is 23.2 Å². The van der Waals surface area contributed by atoms with Gasteiger partial charge in [-0.25, -0.2) is 0 Å². The highest BCUT2D eigenvalue weighted by Gasteiger charge is 2.70. The predicted molar refractivity (Wildman–Crippen MR) is 132 cm³/mol. The zero-order chi connectivity index (χ0) is 27.5. The molecule has 8 heteroatoms. The lowest BCUT2D eigenvalue weighted by Gasteiger charge is -2.29. The maximum Gasteiger partial charge on any atom is 0.398 e. The summed E-state index contributed by atoms with van der Waals surface area (Å²) in [5, 5.41) is 7.32. The van der Waals surface area contributed by atoms with E-state index in [0.29, 0.717) is 24.4 Å². The molecule has 0 bridgehead atoms. The molecule has 0 heterocycles. The molecule has 0 amide bonds. The van der Waals surface area contributed by atoms with Crippen LogP contribution >= 0.6 is 0 Å². The average molecular weight is 525 g/mol. The molecule has 0 aromatic heterocycles. The molecule has 2 aromatic rings. The Morgan fingerprint density at radius 2 is 1.35 bits per heavy atom. The van der Waals surface area contributed by atoms with E-state index >= 15 is 0 Å². The second kappa shape index (κ2) is 11.1. The molecule has 37 heavy (non-hydrogen) atoms. The van der Waals surface area contributed by atoms with E-state index in [0.717, 1.165) is 13.1 Å². The van der Waals surface area contributed by atoms with Crippen molar-refractivity contribution in [3.8, 4) is 6.07 Å². The number of hydrogen-bond acceptors (Lipinski definition) is 2. The van der Waals surface area contributed by atoms with Crippen LogP contribution in [0.25, 0.3) is 0 Å². The number of halogens is 6. The highest BCUT2D eigenvalue weighted by molar-refractivity contribution is 5.50. The summed E-state index contributed by atoms with van der Waals surface area (Å²) in [4.78, 5) is 2.30. The fourth-order valence-electron chi connectivity index (χ4n) is 5.05. The van der Waals surface area contributed by atoms with Crippen LogP contribution in [-0.4, -0.2) is 29.8 Å². The monoisotopic (exact) mass is 524 g/mol. The van der Waals surface area contributed by atoms with Crippen LogP contribution in [0.2, 0.25) is 0 Å². The van der Waals surface area contributed by atoms with Crippen LogP contribution in [0, 0.1) is 11.3 Å². The third kappa shape index (κ3) is 6.31. The Morgan fingerprint density at radius 3 is 1.81 bits per heavy atom. The van der Waals surface area contributed by atoms with Crippen LogP contribution in [0.5, 0.6) is 0 Å². The molecule has 202 valence electrons. The van der Waals surface area contributed by atoms with Crippen LogP contribution in [0.15, 0.2) is 48.5 Å². The van der Waals surface area contributed by atoms with Crippen molar-refractivity contribution in [2.45, 2.75) is 95.1 Å². The summed E-state index contributed by atoms with van der Waals surface area (Å²) >= 11 is 0. The molecule has 0 atom stereocenters. The summed E-state index contributed by atoms with van der Waals surface area (Å²) in [6.07, 6.45) is -8.41. The number of hydrogen-bond donors (Lipinski definition) is 0. The van der Waals surface area contributed by atoms with Gasteiger partial charge in [0.1, 0.15) is 0 Å². The fraction of sp³-hybridized carbons (Fsp3) is 0.552. The number of nitrogens with zero attached hydrogens (tertiary/aromatic N) is 2.